The first-order valence-electron chi connectivity index (χ1n) is 8.98. The number of hydrogen-bond donors (Lipinski definition) is 2. The smallest absolute Gasteiger partial charge is 0.191 e. The predicted octanol–water partition coefficient (Wildman–Crippen LogP) is 2.81. The van der Waals surface area contributed by atoms with Crippen molar-refractivity contribution in [2.24, 2.45) is 4.99 Å². The van der Waals surface area contributed by atoms with E-state index in [0.717, 1.165) is 11.8 Å². The van der Waals surface area contributed by atoms with Gasteiger partial charge in [-0.25, -0.2) is 22.2 Å². The first-order valence-corrected chi connectivity index (χ1v) is 11.0. The maximum absolute atomic E-state index is 13.6. The van der Waals surface area contributed by atoms with Gasteiger partial charge in [-0.1, -0.05) is 18.2 Å². The summed E-state index contributed by atoms with van der Waals surface area (Å²) >= 11 is 0. The summed E-state index contributed by atoms with van der Waals surface area (Å²) in [5.74, 6) is -0.357. The average Bonchev–Trinajstić information content (AvgIpc) is 2.60. The van der Waals surface area contributed by atoms with E-state index in [1.54, 1.807) is 6.07 Å². The molecular formula is C20H25F2N3O2S. The minimum atomic E-state index is -3.24. The Morgan fingerprint density at radius 3 is 2.46 bits per heavy atom. The molecule has 0 saturated carbocycles. The number of rotatable bonds is 8. The third kappa shape index (κ3) is 7.64. The Bertz CT molecular complexity index is 931. The Kier molecular flexibility index (Phi) is 7.92. The Morgan fingerprint density at radius 2 is 1.79 bits per heavy atom. The lowest BCUT2D eigenvalue weighted by Gasteiger charge is -2.12. The van der Waals surface area contributed by atoms with E-state index in [1.165, 1.54) is 30.3 Å². The van der Waals surface area contributed by atoms with Gasteiger partial charge in [-0.15, -0.1) is 0 Å². The molecule has 2 N–H and O–H groups in total. The second-order valence-corrected chi connectivity index (χ2v) is 8.63. The quantitative estimate of drug-likeness (QED) is 0.520. The maximum atomic E-state index is 13.6. The van der Waals surface area contributed by atoms with Crippen LogP contribution in [0.2, 0.25) is 0 Å². The van der Waals surface area contributed by atoms with Crippen LogP contribution in [0.15, 0.2) is 47.5 Å². The highest BCUT2D eigenvalue weighted by molar-refractivity contribution is 7.89. The molecule has 0 aromatic heterocycles. The van der Waals surface area contributed by atoms with Crippen LogP contribution in [0.25, 0.3) is 0 Å². The molecule has 28 heavy (non-hydrogen) atoms. The summed E-state index contributed by atoms with van der Waals surface area (Å²) in [6, 6.07) is 10.4. The monoisotopic (exact) mass is 409 g/mol. The number of sulfone groups is 1. The molecule has 0 aliphatic rings. The standard InChI is InChI=1S/C20H25F2N3O2S/c1-3-23-20(24-10-9-15-5-4-6-18(21)11-15)25-13-17-12-19(22)8-7-16(17)14-28(2,26)27/h4-8,11-12H,3,9-10,13-14H2,1-2H3,(H2,23,24,25). The highest BCUT2D eigenvalue weighted by atomic mass is 32.2. The van der Waals surface area contributed by atoms with E-state index >= 15 is 0 Å². The minimum absolute atomic E-state index is 0.137. The van der Waals surface area contributed by atoms with Crippen LogP contribution in [0, 0.1) is 11.6 Å². The number of hydrogen-bond acceptors (Lipinski definition) is 3. The van der Waals surface area contributed by atoms with Crippen molar-refractivity contribution >= 4 is 15.8 Å². The second-order valence-electron chi connectivity index (χ2n) is 6.48. The predicted molar refractivity (Wildman–Crippen MR) is 108 cm³/mol. The van der Waals surface area contributed by atoms with Crippen molar-refractivity contribution < 1.29 is 17.2 Å². The number of halogens is 2. The summed E-state index contributed by atoms with van der Waals surface area (Å²) in [4.78, 5) is 4.42. The molecule has 2 aromatic carbocycles. The van der Waals surface area contributed by atoms with E-state index in [-0.39, 0.29) is 18.1 Å². The first kappa shape index (κ1) is 21.8. The van der Waals surface area contributed by atoms with Gasteiger partial charge >= 0.3 is 0 Å². The molecule has 0 fully saturated rings. The molecule has 2 aromatic rings. The van der Waals surface area contributed by atoms with Gasteiger partial charge in [0.05, 0.1) is 12.3 Å². The van der Waals surface area contributed by atoms with Gasteiger partial charge in [-0.05, 0) is 54.3 Å². The summed E-state index contributed by atoms with van der Waals surface area (Å²) in [7, 11) is -3.24. The molecule has 0 spiro atoms. The molecule has 0 radical (unpaired) electrons. The number of benzene rings is 2. The lowest BCUT2D eigenvalue weighted by Crippen LogP contribution is -2.38. The molecule has 0 aliphatic carbocycles. The summed E-state index contributed by atoms with van der Waals surface area (Å²) in [5.41, 5.74) is 1.92. The fourth-order valence-electron chi connectivity index (χ4n) is 2.69. The molecular weight excluding hydrogens is 384 g/mol. The third-order valence-corrected chi connectivity index (χ3v) is 4.77. The highest BCUT2D eigenvalue weighted by Gasteiger charge is 2.11. The SMILES string of the molecule is CCNC(=NCc1cc(F)ccc1CS(C)(=O)=O)NCCc1cccc(F)c1. The normalized spacial score (nSPS) is 12.1. The molecule has 5 nitrogen and oxygen atoms in total. The van der Waals surface area contributed by atoms with Crippen LogP contribution in [-0.2, 0) is 28.6 Å². The van der Waals surface area contributed by atoms with Gasteiger partial charge in [0.15, 0.2) is 15.8 Å². The van der Waals surface area contributed by atoms with E-state index in [4.69, 9.17) is 0 Å². The van der Waals surface area contributed by atoms with Gasteiger partial charge in [0.2, 0.25) is 0 Å². The molecule has 0 bridgehead atoms. The molecule has 0 amide bonds. The Morgan fingerprint density at radius 1 is 1.04 bits per heavy atom. The van der Waals surface area contributed by atoms with E-state index in [0.29, 0.717) is 36.6 Å². The van der Waals surface area contributed by atoms with Gasteiger partial charge in [0.1, 0.15) is 11.6 Å². The van der Waals surface area contributed by atoms with Crippen molar-refractivity contribution in [2.75, 3.05) is 19.3 Å². The summed E-state index contributed by atoms with van der Waals surface area (Å²) in [6.07, 6.45) is 1.75. The van der Waals surface area contributed by atoms with E-state index in [2.05, 4.69) is 15.6 Å². The van der Waals surface area contributed by atoms with Crippen LogP contribution >= 0.6 is 0 Å². The topological polar surface area (TPSA) is 70.6 Å². The highest BCUT2D eigenvalue weighted by Crippen LogP contribution is 2.15. The van der Waals surface area contributed by atoms with Crippen molar-refractivity contribution in [3.05, 3.63) is 70.8 Å². The van der Waals surface area contributed by atoms with Crippen molar-refractivity contribution in [1.82, 2.24) is 10.6 Å². The van der Waals surface area contributed by atoms with Gasteiger partial charge in [0.25, 0.3) is 0 Å². The summed E-state index contributed by atoms with van der Waals surface area (Å²) in [6.45, 7) is 3.22. The molecule has 0 unspecified atom stereocenters. The zero-order chi connectivity index (χ0) is 20.6. The van der Waals surface area contributed by atoms with Crippen LogP contribution in [0.1, 0.15) is 23.6 Å². The minimum Gasteiger partial charge on any atom is -0.357 e. The Balaban J connectivity index is 2.06. The molecule has 0 atom stereocenters. The van der Waals surface area contributed by atoms with Gasteiger partial charge < -0.3 is 10.6 Å². The van der Waals surface area contributed by atoms with Gasteiger partial charge in [0, 0.05) is 19.3 Å². The van der Waals surface area contributed by atoms with E-state index in [1.807, 2.05) is 13.0 Å². The van der Waals surface area contributed by atoms with E-state index < -0.39 is 15.7 Å². The lowest BCUT2D eigenvalue weighted by atomic mass is 10.1. The number of nitrogens with zero attached hydrogens (tertiary/aromatic N) is 1. The summed E-state index contributed by atoms with van der Waals surface area (Å²) in [5, 5.41) is 6.23. The van der Waals surface area contributed by atoms with Crippen LogP contribution in [0.4, 0.5) is 8.78 Å². The van der Waals surface area contributed by atoms with Crippen molar-refractivity contribution in [1.29, 1.82) is 0 Å². The number of nitrogens with one attached hydrogen (secondary N) is 2. The van der Waals surface area contributed by atoms with Crippen molar-refractivity contribution in [3.8, 4) is 0 Å². The maximum Gasteiger partial charge on any atom is 0.191 e. The largest absolute Gasteiger partial charge is 0.357 e. The zero-order valence-corrected chi connectivity index (χ0v) is 16.8. The Hall–Kier alpha value is -2.48. The second kappa shape index (κ2) is 10.2. The molecule has 2 rings (SSSR count). The lowest BCUT2D eigenvalue weighted by molar-refractivity contribution is 0.600. The van der Waals surface area contributed by atoms with Crippen LogP contribution < -0.4 is 10.6 Å². The van der Waals surface area contributed by atoms with Gasteiger partial charge in [-0.3, -0.25) is 0 Å². The molecule has 152 valence electrons. The molecule has 0 aliphatic heterocycles. The van der Waals surface area contributed by atoms with Gasteiger partial charge in [-0.2, -0.15) is 0 Å². The number of aliphatic imine (C=N–C) groups is 1. The van der Waals surface area contributed by atoms with Crippen LogP contribution in [-0.4, -0.2) is 33.7 Å². The fourth-order valence-corrected chi connectivity index (χ4v) is 3.54. The average molecular weight is 410 g/mol. The third-order valence-electron chi connectivity index (χ3n) is 3.93. The first-order chi connectivity index (χ1) is 13.3. The fraction of sp³-hybridized carbons (Fsp3) is 0.350. The Labute approximate surface area is 164 Å². The van der Waals surface area contributed by atoms with E-state index in [9.17, 15) is 17.2 Å². The molecule has 0 saturated heterocycles. The van der Waals surface area contributed by atoms with Crippen molar-refractivity contribution in [3.63, 3.8) is 0 Å². The number of guanidine groups is 1. The van der Waals surface area contributed by atoms with Crippen LogP contribution in [0.5, 0.6) is 0 Å². The summed E-state index contributed by atoms with van der Waals surface area (Å²) < 4.78 is 50.1. The molecule has 0 heterocycles. The van der Waals surface area contributed by atoms with Crippen molar-refractivity contribution in [2.45, 2.75) is 25.6 Å². The van der Waals surface area contributed by atoms with Crippen LogP contribution in [0.3, 0.4) is 0 Å². The molecule has 8 heteroatoms. The zero-order valence-electron chi connectivity index (χ0n) is 16.0.